The van der Waals surface area contributed by atoms with Crippen molar-refractivity contribution in [2.45, 2.75) is 38.6 Å². The van der Waals surface area contributed by atoms with Gasteiger partial charge in [0.1, 0.15) is 11.6 Å². The van der Waals surface area contributed by atoms with Gasteiger partial charge < -0.3 is 9.30 Å². The number of ether oxygens (including phenoxy) is 1. The molecule has 19 heavy (non-hydrogen) atoms. The zero-order valence-corrected chi connectivity index (χ0v) is 12.5. The van der Waals surface area contributed by atoms with Crippen molar-refractivity contribution in [2.75, 3.05) is 7.11 Å². The smallest absolute Gasteiger partial charge is 0.127 e. The minimum Gasteiger partial charge on any atom is -0.497 e. The molecule has 1 aromatic heterocycles. The molecule has 1 fully saturated rings. The van der Waals surface area contributed by atoms with Crippen LogP contribution in [0, 0.1) is 5.41 Å². The summed E-state index contributed by atoms with van der Waals surface area (Å²) in [6.45, 7) is 6.55. The fourth-order valence-electron chi connectivity index (χ4n) is 2.71. The van der Waals surface area contributed by atoms with Crippen LogP contribution in [-0.4, -0.2) is 16.7 Å². The summed E-state index contributed by atoms with van der Waals surface area (Å²) in [6.07, 6.45) is 1.18. The number of hydrogen-bond acceptors (Lipinski definition) is 2. The lowest BCUT2D eigenvalue weighted by Crippen LogP contribution is -2.06. The Morgan fingerprint density at radius 1 is 1.47 bits per heavy atom. The summed E-state index contributed by atoms with van der Waals surface area (Å²) in [5.41, 5.74) is 2.46. The van der Waals surface area contributed by atoms with E-state index in [-0.39, 0.29) is 5.38 Å². The highest BCUT2D eigenvalue weighted by atomic mass is 35.5. The van der Waals surface area contributed by atoms with Gasteiger partial charge in [0.2, 0.25) is 0 Å². The maximum atomic E-state index is 6.30. The molecule has 0 amide bonds. The molecular weight excluding hydrogens is 260 g/mol. The van der Waals surface area contributed by atoms with Gasteiger partial charge >= 0.3 is 0 Å². The van der Waals surface area contributed by atoms with Crippen LogP contribution in [0.5, 0.6) is 5.75 Å². The molecule has 102 valence electrons. The zero-order chi connectivity index (χ0) is 13.8. The lowest BCUT2D eigenvalue weighted by atomic mass is 10.2. The van der Waals surface area contributed by atoms with Crippen molar-refractivity contribution < 1.29 is 4.74 Å². The highest BCUT2D eigenvalue weighted by Crippen LogP contribution is 2.57. The van der Waals surface area contributed by atoms with Gasteiger partial charge in [-0.1, -0.05) is 13.8 Å². The summed E-state index contributed by atoms with van der Waals surface area (Å²) in [5, 5.41) is -0.0882. The molecule has 1 saturated carbocycles. The molecule has 2 atom stereocenters. The quantitative estimate of drug-likeness (QED) is 0.782. The fraction of sp³-hybridized carbons (Fsp3) is 0.533. The largest absolute Gasteiger partial charge is 0.497 e. The van der Waals surface area contributed by atoms with Gasteiger partial charge in [0.15, 0.2) is 0 Å². The Labute approximate surface area is 118 Å². The number of imidazole rings is 1. The van der Waals surface area contributed by atoms with Gasteiger partial charge in [-0.05, 0) is 30.9 Å². The molecule has 0 saturated heterocycles. The van der Waals surface area contributed by atoms with Crippen LogP contribution < -0.4 is 4.74 Å². The topological polar surface area (TPSA) is 27.1 Å². The highest BCUT2D eigenvalue weighted by molar-refractivity contribution is 6.20. The number of fused-ring (bicyclic) bond motifs is 1. The first-order chi connectivity index (χ1) is 8.94. The van der Waals surface area contributed by atoms with Crippen LogP contribution in [0.3, 0.4) is 0 Å². The van der Waals surface area contributed by atoms with Crippen LogP contribution in [0.1, 0.15) is 44.4 Å². The van der Waals surface area contributed by atoms with E-state index in [4.69, 9.17) is 21.3 Å². The molecule has 0 bridgehead atoms. The molecule has 4 heteroatoms. The van der Waals surface area contributed by atoms with Crippen LogP contribution in [0.4, 0.5) is 0 Å². The summed E-state index contributed by atoms with van der Waals surface area (Å²) in [4.78, 5) is 4.70. The van der Waals surface area contributed by atoms with Gasteiger partial charge in [0, 0.05) is 12.1 Å². The van der Waals surface area contributed by atoms with E-state index < -0.39 is 0 Å². The van der Waals surface area contributed by atoms with Gasteiger partial charge in [-0.3, -0.25) is 0 Å². The van der Waals surface area contributed by atoms with Crippen molar-refractivity contribution in [1.82, 2.24) is 9.55 Å². The summed E-state index contributed by atoms with van der Waals surface area (Å²) >= 11 is 6.30. The van der Waals surface area contributed by atoms with Crippen molar-refractivity contribution in [3.8, 4) is 5.75 Å². The Morgan fingerprint density at radius 2 is 2.16 bits per heavy atom. The van der Waals surface area contributed by atoms with Crippen LogP contribution in [0.25, 0.3) is 11.0 Å². The Kier molecular flexibility index (Phi) is 2.79. The molecule has 0 radical (unpaired) electrons. The second-order valence-electron chi connectivity index (χ2n) is 6.02. The van der Waals surface area contributed by atoms with E-state index in [1.165, 1.54) is 6.42 Å². The number of rotatable bonds is 3. The maximum Gasteiger partial charge on any atom is 0.127 e. The van der Waals surface area contributed by atoms with Gasteiger partial charge in [-0.15, -0.1) is 11.6 Å². The first-order valence-electron chi connectivity index (χ1n) is 6.64. The minimum absolute atomic E-state index is 0.0882. The Hall–Kier alpha value is -1.22. The van der Waals surface area contributed by atoms with Crippen LogP contribution in [0.15, 0.2) is 18.2 Å². The van der Waals surface area contributed by atoms with Gasteiger partial charge in [-0.25, -0.2) is 4.98 Å². The highest BCUT2D eigenvalue weighted by Gasteiger charge is 2.48. The van der Waals surface area contributed by atoms with E-state index in [0.29, 0.717) is 11.5 Å². The average Bonchev–Trinajstić information content (AvgIpc) is 2.84. The number of hydrogen-bond donors (Lipinski definition) is 0. The van der Waals surface area contributed by atoms with E-state index in [1.54, 1.807) is 7.11 Å². The first-order valence-corrected chi connectivity index (χ1v) is 7.07. The van der Waals surface area contributed by atoms with Gasteiger partial charge in [0.05, 0.1) is 23.5 Å². The molecule has 1 aliphatic rings. The van der Waals surface area contributed by atoms with E-state index in [0.717, 1.165) is 22.6 Å². The molecule has 0 spiro atoms. The number of aromatic nitrogens is 2. The second-order valence-corrected chi connectivity index (χ2v) is 6.67. The molecule has 2 unspecified atom stereocenters. The van der Waals surface area contributed by atoms with E-state index in [2.05, 4.69) is 24.5 Å². The summed E-state index contributed by atoms with van der Waals surface area (Å²) < 4.78 is 7.58. The summed E-state index contributed by atoms with van der Waals surface area (Å²) in [6, 6.07) is 6.54. The standard InChI is InChI=1S/C15H19ClN2O/c1-9(16)14-17-11-7-10(19-4)5-6-12(11)18(14)13-8-15(13,2)3/h5-7,9,13H,8H2,1-4H3. The maximum absolute atomic E-state index is 6.30. The molecule has 1 heterocycles. The number of halogens is 1. The molecule has 1 aromatic carbocycles. The predicted molar refractivity (Wildman–Crippen MR) is 78.0 cm³/mol. The number of nitrogens with zero attached hydrogens (tertiary/aromatic N) is 2. The van der Waals surface area contributed by atoms with E-state index in [1.807, 2.05) is 19.1 Å². The van der Waals surface area contributed by atoms with Crippen molar-refractivity contribution in [3.05, 3.63) is 24.0 Å². The predicted octanol–water partition coefficient (Wildman–Crippen LogP) is 4.32. The van der Waals surface area contributed by atoms with Crippen molar-refractivity contribution >= 4 is 22.6 Å². The molecule has 3 rings (SSSR count). The summed E-state index contributed by atoms with van der Waals surface area (Å²) in [5.74, 6) is 1.79. The Balaban J connectivity index is 2.19. The normalized spacial score (nSPS) is 22.5. The van der Waals surface area contributed by atoms with Crippen LogP contribution in [-0.2, 0) is 0 Å². The van der Waals surface area contributed by atoms with E-state index in [9.17, 15) is 0 Å². The van der Waals surface area contributed by atoms with Crippen LogP contribution in [0.2, 0.25) is 0 Å². The molecule has 2 aromatic rings. The monoisotopic (exact) mass is 278 g/mol. The minimum atomic E-state index is -0.0882. The second kappa shape index (κ2) is 4.14. The lowest BCUT2D eigenvalue weighted by Gasteiger charge is -2.12. The Morgan fingerprint density at radius 3 is 2.68 bits per heavy atom. The molecular formula is C15H19ClN2O. The van der Waals surface area contributed by atoms with Crippen molar-refractivity contribution in [3.63, 3.8) is 0 Å². The molecule has 0 N–H and O–H groups in total. The molecule has 3 nitrogen and oxygen atoms in total. The Bertz CT molecular complexity index is 630. The molecule has 0 aliphatic heterocycles. The number of alkyl halides is 1. The number of methoxy groups -OCH3 is 1. The summed E-state index contributed by atoms with van der Waals surface area (Å²) in [7, 11) is 1.67. The zero-order valence-electron chi connectivity index (χ0n) is 11.8. The third kappa shape index (κ3) is 2.00. The third-order valence-electron chi connectivity index (χ3n) is 4.05. The van der Waals surface area contributed by atoms with Crippen molar-refractivity contribution in [1.29, 1.82) is 0 Å². The average molecular weight is 279 g/mol. The number of benzene rings is 1. The van der Waals surface area contributed by atoms with E-state index >= 15 is 0 Å². The van der Waals surface area contributed by atoms with Crippen molar-refractivity contribution in [2.24, 2.45) is 5.41 Å². The SMILES string of the molecule is COc1ccc2c(c1)nc(C(C)Cl)n2C1CC1(C)C. The van der Waals surface area contributed by atoms with Gasteiger partial charge in [0.25, 0.3) is 0 Å². The first kappa shape index (κ1) is 12.8. The van der Waals surface area contributed by atoms with Crippen LogP contribution >= 0.6 is 11.6 Å². The third-order valence-corrected chi connectivity index (χ3v) is 4.25. The lowest BCUT2D eigenvalue weighted by molar-refractivity contribution is 0.415. The molecule has 1 aliphatic carbocycles. The van der Waals surface area contributed by atoms with Gasteiger partial charge in [-0.2, -0.15) is 0 Å². The fourth-order valence-corrected chi connectivity index (χ4v) is 2.87.